The molecule has 10 heteroatoms. The number of likely N-dealkylation sites (N-methyl/N-ethyl adjacent to an activating group) is 1. The minimum absolute atomic E-state index is 0.0357. The lowest BCUT2D eigenvalue weighted by atomic mass is 10.0. The predicted octanol–water partition coefficient (Wildman–Crippen LogP) is 20.7. The van der Waals surface area contributed by atoms with Gasteiger partial charge in [0.2, 0.25) is 5.91 Å². The molecule has 0 saturated heterocycles. The molecule has 0 aliphatic heterocycles. The fourth-order valence-corrected chi connectivity index (χ4v) is 9.98. The Bertz CT molecular complexity index is 1770. The number of ether oxygens (including phenoxy) is 1. The van der Waals surface area contributed by atoms with Gasteiger partial charge in [0.15, 0.2) is 0 Å². The molecule has 0 saturated carbocycles. The maximum Gasteiger partial charge on any atom is 0.306 e. The average molecular weight is 1160 g/mol. The Balaban J connectivity index is 5.22. The third kappa shape index (κ3) is 61.2. The number of nitrogens with zero attached hydrogens (tertiary/aromatic N) is 1. The summed E-state index contributed by atoms with van der Waals surface area (Å²) in [5.74, 6) is -0.593. The van der Waals surface area contributed by atoms with E-state index < -0.39 is 26.6 Å². The van der Waals surface area contributed by atoms with Crippen molar-refractivity contribution in [2.75, 3.05) is 40.9 Å². The SMILES string of the molecule is CC/C=C\C/C=C\C/C=C\C/C=C\C/C=C\C/C=C\CCCCC(=O)NC(COP(=O)([O-])OCC[N+](C)(C)C)C(/C=C/CCCCCCCCCCCC)OC(=O)CCCCCCCCCCCCCCC/C=C\C/C=C\CCCCC. The molecule has 3 unspecified atom stereocenters. The van der Waals surface area contributed by atoms with Crippen LogP contribution in [0.4, 0.5) is 0 Å². The van der Waals surface area contributed by atoms with Gasteiger partial charge in [-0.1, -0.05) is 265 Å². The largest absolute Gasteiger partial charge is 0.756 e. The number of allylic oxidation sites excluding steroid dienone is 17. The van der Waals surface area contributed by atoms with Crippen LogP contribution in [-0.4, -0.2) is 69.4 Å². The van der Waals surface area contributed by atoms with Gasteiger partial charge in [-0.2, -0.15) is 0 Å². The van der Waals surface area contributed by atoms with Crippen LogP contribution in [0.2, 0.25) is 0 Å². The number of phosphoric ester groups is 1. The fourth-order valence-electron chi connectivity index (χ4n) is 9.26. The molecule has 82 heavy (non-hydrogen) atoms. The number of quaternary nitrogens is 1. The Labute approximate surface area is 506 Å². The molecular formula is C72H127N2O7P. The van der Waals surface area contributed by atoms with Gasteiger partial charge < -0.3 is 28.5 Å². The number of rotatable bonds is 60. The first-order chi connectivity index (χ1) is 39.9. The topological polar surface area (TPSA) is 114 Å². The zero-order valence-electron chi connectivity index (χ0n) is 53.9. The van der Waals surface area contributed by atoms with Crippen molar-refractivity contribution in [2.45, 2.75) is 296 Å². The zero-order chi connectivity index (χ0) is 60.0. The van der Waals surface area contributed by atoms with E-state index in [-0.39, 0.29) is 31.3 Å². The summed E-state index contributed by atoms with van der Waals surface area (Å²) in [4.78, 5) is 40.1. The van der Waals surface area contributed by atoms with E-state index in [4.69, 9.17) is 13.8 Å². The number of carbonyl (C=O) groups is 2. The number of hydrogen-bond acceptors (Lipinski definition) is 7. The smallest absolute Gasteiger partial charge is 0.306 e. The summed E-state index contributed by atoms with van der Waals surface area (Å²) in [7, 11) is 1.15. The third-order valence-corrected chi connectivity index (χ3v) is 15.4. The highest BCUT2D eigenvalue weighted by atomic mass is 31.2. The quantitative estimate of drug-likeness (QED) is 0.0212. The Morgan fingerprint density at radius 1 is 0.439 bits per heavy atom. The first kappa shape index (κ1) is 78.7. The molecule has 1 N–H and O–H groups in total. The molecular weight excluding hydrogens is 1040 g/mol. The summed E-state index contributed by atoms with van der Waals surface area (Å²) in [6.07, 6.45) is 83.5. The van der Waals surface area contributed by atoms with Gasteiger partial charge in [-0.25, -0.2) is 0 Å². The van der Waals surface area contributed by atoms with Crippen LogP contribution in [0.5, 0.6) is 0 Å². The highest BCUT2D eigenvalue weighted by Gasteiger charge is 2.27. The molecule has 0 bridgehead atoms. The van der Waals surface area contributed by atoms with E-state index in [9.17, 15) is 19.0 Å². The molecule has 0 aromatic rings. The Hall–Kier alpha value is -3.33. The van der Waals surface area contributed by atoms with Crippen LogP contribution in [0.15, 0.2) is 109 Å². The molecule has 0 fully saturated rings. The Morgan fingerprint density at radius 3 is 1.21 bits per heavy atom. The lowest BCUT2D eigenvalue weighted by molar-refractivity contribution is -0.870. The number of carbonyl (C=O) groups excluding carboxylic acids is 2. The highest BCUT2D eigenvalue weighted by Crippen LogP contribution is 2.38. The molecule has 0 heterocycles. The van der Waals surface area contributed by atoms with Crippen molar-refractivity contribution in [3.8, 4) is 0 Å². The number of phosphoric acid groups is 1. The highest BCUT2D eigenvalue weighted by molar-refractivity contribution is 7.45. The normalized spacial score (nSPS) is 14.3. The predicted molar refractivity (Wildman–Crippen MR) is 353 cm³/mol. The van der Waals surface area contributed by atoms with Gasteiger partial charge in [0.05, 0.1) is 33.8 Å². The van der Waals surface area contributed by atoms with E-state index in [2.05, 4.69) is 123 Å². The number of hydrogen-bond donors (Lipinski definition) is 1. The Kier molecular flexibility index (Phi) is 58.3. The van der Waals surface area contributed by atoms with Crippen LogP contribution in [0.1, 0.15) is 284 Å². The maximum absolute atomic E-state index is 13.6. The number of amides is 1. The van der Waals surface area contributed by atoms with Crippen LogP contribution in [-0.2, 0) is 27.9 Å². The van der Waals surface area contributed by atoms with Crippen molar-refractivity contribution >= 4 is 19.7 Å². The number of unbranched alkanes of at least 4 members (excludes halogenated alkanes) is 28. The van der Waals surface area contributed by atoms with E-state index in [0.29, 0.717) is 17.4 Å². The van der Waals surface area contributed by atoms with Crippen LogP contribution in [0.25, 0.3) is 0 Å². The summed E-state index contributed by atoms with van der Waals surface area (Å²) in [6.45, 7) is 6.68. The molecule has 1 amide bonds. The van der Waals surface area contributed by atoms with Crippen molar-refractivity contribution < 1.29 is 37.3 Å². The monoisotopic (exact) mass is 1160 g/mol. The molecule has 0 rings (SSSR count). The summed E-state index contributed by atoms with van der Waals surface area (Å²) < 4.78 is 30.4. The van der Waals surface area contributed by atoms with Gasteiger partial charge in [-0.15, -0.1) is 0 Å². The first-order valence-electron chi connectivity index (χ1n) is 33.7. The standard InChI is InChI=1S/C72H127N2O7P/c1-7-10-13-16-19-22-25-28-30-32-34-36-37-39-41-43-45-47-50-53-56-59-62-65-72(76)81-70(63-60-57-54-51-48-27-24-21-18-15-12-9-3)69(68-80-82(77,78)79-67-66-74(4,5)6)73-71(75)64-61-58-55-52-49-46-44-42-40-38-35-33-31-29-26-23-20-17-14-11-8-2/h11,14,19-20,22-23,28-31,35,38,42,44,49,52,60,63,69-70H,7-10,12-13,15-18,21,24-27,32-34,36-37,39-41,43,45-48,50-51,53-59,61-62,64-68H2,1-6H3,(H-,73,75,77,78)/b14-11-,22-19-,23-20-,30-28-,31-29-,38-35-,44-42-,52-49-,63-60+. The van der Waals surface area contributed by atoms with E-state index in [1.54, 1.807) is 0 Å². The number of nitrogens with one attached hydrogen (secondary N) is 1. The minimum Gasteiger partial charge on any atom is -0.756 e. The lowest BCUT2D eigenvalue weighted by Gasteiger charge is -2.30. The second-order valence-electron chi connectivity index (χ2n) is 23.6. The molecule has 0 aliphatic rings. The lowest BCUT2D eigenvalue weighted by Crippen LogP contribution is -2.47. The Morgan fingerprint density at radius 2 is 0.780 bits per heavy atom. The molecule has 0 spiro atoms. The van der Waals surface area contributed by atoms with Crippen molar-refractivity contribution in [3.63, 3.8) is 0 Å². The summed E-state index contributed by atoms with van der Waals surface area (Å²) >= 11 is 0. The van der Waals surface area contributed by atoms with Gasteiger partial charge in [0, 0.05) is 12.8 Å². The molecule has 0 aliphatic carbocycles. The van der Waals surface area contributed by atoms with Crippen molar-refractivity contribution in [3.05, 3.63) is 109 Å². The van der Waals surface area contributed by atoms with Crippen LogP contribution in [0.3, 0.4) is 0 Å². The van der Waals surface area contributed by atoms with Gasteiger partial charge in [0.25, 0.3) is 7.82 Å². The van der Waals surface area contributed by atoms with Gasteiger partial charge in [0.1, 0.15) is 19.3 Å². The zero-order valence-corrected chi connectivity index (χ0v) is 54.8. The number of esters is 1. The van der Waals surface area contributed by atoms with E-state index in [0.717, 1.165) is 96.3 Å². The summed E-state index contributed by atoms with van der Waals surface area (Å²) in [6, 6.07) is -0.919. The molecule has 9 nitrogen and oxygen atoms in total. The summed E-state index contributed by atoms with van der Waals surface area (Å²) in [5.41, 5.74) is 0. The molecule has 0 radical (unpaired) electrons. The van der Waals surface area contributed by atoms with Crippen molar-refractivity contribution in [1.29, 1.82) is 0 Å². The first-order valence-corrected chi connectivity index (χ1v) is 35.2. The van der Waals surface area contributed by atoms with E-state index in [1.807, 2.05) is 33.3 Å². The van der Waals surface area contributed by atoms with Gasteiger partial charge in [-0.3, -0.25) is 14.2 Å². The summed E-state index contributed by atoms with van der Waals surface area (Å²) in [5, 5.41) is 3.01. The molecule has 0 aromatic carbocycles. The molecule has 0 aromatic heterocycles. The van der Waals surface area contributed by atoms with Crippen molar-refractivity contribution in [2.24, 2.45) is 0 Å². The van der Waals surface area contributed by atoms with Crippen LogP contribution >= 0.6 is 7.82 Å². The van der Waals surface area contributed by atoms with E-state index in [1.165, 1.54) is 148 Å². The van der Waals surface area contributed by atoms with E-state index >= 15 is 0 Å². The van der Waals surface area contributed by atoms with Gasteiger partial charge in [-0.05, 0) is 115 Å². The third-order valence-electron chi connectivity index (χ3n) is 14.4. The van der Waals surface area contributed by atoms with Crippen LogP contribution < -0.4 is 10.2 Å². The fraction of sp³-hybridized carbons (Fsp3) is 0.722. The molecule has 3 atom stereocenters. The van der Waals surface area contributed by atoms with Crippen LogP contribution in [0, 0.1) is 0 Å². The second kappa shape index (κ2) is 60.8. The maximum atomic E-state index is 13.6. The average Bonchev–Trinajstić information content (AvgIpc) is 3.44. The van der Waals surface area contributed by atoms with Gasteiger partial charge >= 0.3 is 5.97 Å². The molecule has 472 valence electrons. The minimum atomic E-state index is -4.72. The second-order valence-corrected chi connectivity index (χ2v) is 25.0. The van der Waals surface area contributed by atoms with Crippen molar-refractivity contribution in [1.82, 2.24) is 5.32 Å².